The summed E-state index contributed by atoms with van der Waals surface area (Å²) < 4.78 is 13.8. The quantitative estimate of drug-likeness (QED) is 0.864. The topological polar surface area (TPSA) is 40.5 Å². The van der Waals surface area contributed by atoms with Crippen LogP contribution in [-0.4, -0.2) is 29.1 Å². The molecule has 0 aliphatic rings. The van der Waals surface area contributed by atoms with Gasteiger partial charge in [-0.25, -0.2) is 4.39 Å². The van der Waals surface area contributed by atoms with E-state index in [1.807, 2.05) is 18.7 Å². The van der Waals surface area contributed by atoms with Crippen molar-refractivity contribution in [3.8, 4) is 0 Å². The van der Waals surface area contributed by atoms with E-state index in [0.29, 0.717) is 23.7 Å². The van der Waals surface area contributed by atoms with E-state index in [1.165, 1.54) is 18.2 Å². The van der Waals surface area contributed by atoms with Crippen molar-refractivity contribution in [2.45, 2.75) is 26.3 Å². The molecule has 1 aromatic rings. The highest BCUT2D eigenvalue weighted by molar-refractivity contribution is 6.30. The molecule has 1 N–H and O–H groups in total. The minimum Gasteiger partial charge on any atom is -0.481 e. The van der Waals surface area contributed by atoms with Gasteiger partial charge in [0.05, 0.1) is 6.42 Å². The first kappa shape index (κ1) is 14.9. The van der Waals surface area contributed by atoms with E-state index in [-0.39, 0.29) is 6.42 Å². The number of aliphatic carboxylic acids is 1. The summed E-state index contributed by atoms with van der Waals surface area (Å²) in [5.74, 6) is -1.37. The van der Waals surface area contributed by atoms with Gasteiger partial charge in [0.25, 0.3) is 0 Å². The number of carboxylic acid groups (broad SMARTS) is 1. The average Bonchev–Trinajstić information content (AvgIpc) is 2.32. The molecule has 0 bridgehead atoms. The highest BCUT2D eigenvalue weighted by Gasteiger charge is 2.24. The van der Waals surface area contributed by atoms with Gasteiger partial charge in [0.2, 0.25) is 0 Å². The van der Waals surface area contributed by atoms with Gasteiger partial charge in [-0.1, -0.05) is 25.4 Å². The van der Waals surface area contributed by atoms with Crippen LogP contribution in [0.4, 0.5) is 4.39 Å². The van der Waals surface area contributed by atoms with Crippen LogP contribution in [0.3, 0.4) is 0 Å². The molecule has 1 atom stereocenters. The monoisotopic (exact) mass is 273 g/mol. The van der Waals surface area contributed by atoms with Crippen molar-refractivity contribution in [3.05, 3.63) is 34.6 Å². The predicted molar refractivity (Wildman–Crippen MR) is 69.3 cm³/mol. The summed E-state index contributed by atoms with van der Waals surface area (Å²) in [5, 5.41) is 9.37. The Morgan fingerprint density at radius 1 is 1.44 bits per heavy atom. The molecule has 0 fully saturated rings. The fraction of sp³-hybridized carbons (Fsp3) is 0.462. The van der Waals surface area contributed by atoms with Gasteiger partial charge in [-0.15, -0.1) is 0 Å². The van der Waals surface area contributed by atoms with Crippen molar-refractivity contribution in [2.24, 2.45) is 0 Å². The first-order valence-electron chi connectivity index (χ1n) is 5.90. The summed E-state index contributed by atoms with van der Waals surface area (Å²) in [6.07, 6.45) is -0.140. The molecule has 0 aliphatic heterocycles. The number of carbonyl (C=O) groups is 1. The highest BCUT2D eigenvalue weighted by atomic mass is 35.5. The largest absolute Gasteiger partial charge is 0.481 e. The van der Waals surface area contributed by atoms with Crippen molar-refractivity contribution in [1.82, 2.24) is 4.90 Å². The molecule has 0 aliphatic carbocycles. The number of carboxylic acids is 1. The molecular formula is C13H17ClFNO2. The zero-order valence-electron chi connectivity index (χ0n) is 10.5. The Kier molecular flexibility index (Phi) is 5.56. The van der Waals surface area contributed by atoms with Crippen LogP contribution < -0.4 is 0 Å². The van der Waals surface area contributed by atoms with Crippen molar-refractivity contribution < 1.29 is 14.3 Å². The third-order valence-electron chi connectivity index (χ3n) is 2.94. The zero-order chi connectivity index (χ0) is 13.7. The van der Waals surface area contributed by atoms with E-state index in [1.54, 1.807) is 0 Å². The molecule has 1 unspecified atom stereocenters. The van der Waals surface area contributed by atoms with Crippen LogP contribution in [0.1, 0.15) is 31.9 Å². The Labute approximate surface area is 111 Å². The normalized spacial score (nSPS) is 12.7. The Morgan fingerprint density at radius 3 is 2.56 bits per heavy atom. The number of hydrogen-bond donors (Lipinski definition) is 1. The molecule has 0 spiro atoms. The van der Waals surface area contributed by atoms with E-state index in [9.17, 15) is 9.18 Å². The van der Waals surface area contributed by atoms with Crippen LogP contribution >= 0.6 is 11.6 Å². The molecule has 0 saturated carbocycles. The smallest absolute Gasteiger partial charge is 0.305 e. The first-order valence-corrected chi connectivity index (χ1v) is 6.28. The van der Waals surface area contributed by atoms with Gasteiger partial charge in [0.15, 0.2) is 0 Å². The minimum absolute atomic E-state index is 0.140. The van der Waals surface area contributed by atoms with Crippen molar-refractivity contribution in [3.63, 3.8) is 0 Å². The Morgan fingerprint density at radius 2 is 2.06 bits per heavy atom. The first-order chi connectivity index (χ1) is 8.49. The Hall–Kier alpha value is -1.13. The van der Waals surface area contributed by atoms with Crippen LogP contribution in [0.2, 0.25) is 5.02 Å². The van der Waals surface area contributed by atoms with E-state index in [2.05, 4.69) is 0 Å². The van der Waals surface area contributed by atoms with Gasteiger partial charge in [-0.3, -0.25) is 9.69 Å². The van der Waals surface area contributed by atoms with Gasteiger partial charge < -0.3 is 5.11 Å². The second-order valence-corrected chi connectivity index (χ2v) is 4.44. The van der Waals surface area contributed by atoms with Gasteiger partial charge in [-0.2, -0.15) is 0 Å². The van der Waals surface area contributed by atoms with Crippen LogP contribution in [-0.2, 0) is 4.79 Å². The molecule has 1 aromatic carbocycles. The molecule has 5 heteroatoms. The Bertz CT molecular complexity index is 421. The molecule has 100 valence electrons. The zero-order valence-corrected chi connectivity index (χ0v) is 11.2. The molecule has 0 aromatic heterocycles. The summed E-state index contributed by atoms with van der Waals surface area (Å²) in [7, 11) is 0. The van der Waals surface area contributed by atoms with Crippen LogP contribution in [0.25, 0.3) is 0 Å². The van der Waals surface area contributed by atoms with Crippen molar-refractivity contribution >= 4 is 17.6 Å². The van der Waals surface area contributed by atoms with E-state index in [0.717, 1.165) is 0 Å². The molecule has 0 heterocycles. The summed E-state index contributed by atoms with van der Waals surface area (Å²) >= 11 is 5.86. The highest BCUT2D eigenvalue weighted by Crippen LogP contribution is 2.28. The lowest BCUT2D eigenvalue weighted by molar-refractivity contribution is -0.138. The lowest BCUT2D eigenvalue weighted by Crippen LogP contribution is -2.30. The number of benzene rings is 1. The molecule has 0 saturated heterocycles. The third-order valence-corrected chi connectivity index (χ3v) is 3.17. The maximum atomic E-state index is 13.8. The van der Waals surface area contributed by atoms with Gasteiger partial charge >= 0.3 is 5.97 Å². The van der Waals surface area contributed by atoms with Gasteiger partial charge in [-0.05, 0) is 31.3 Å². The van der Waals surface area contributed by atoms with Crippen molar-refractivity contribution in [2.75, 3.05) is 13.1 Å². The van der Waals surface area contributed by atoms with Gasteiger partial charge in [0.1, 0.15) is 5.82 Å². The van der Waals surface area contributed by atoms with E-state index < -0.39 is 17.8 Å². The lowest BCUT2D eigenvalue weighted by atomic mass is 10.0. The summed E-state index contributed by atoms with van der Waals surface area (Å²) in [5.41, 5.74) is 0.341. The number of nitrogens with zero attached hydrogens (tertiary/aromatic N) is 1. The second-order valence-electron chi connectivity index (χ2n) is 4.00. The molecular weight excluding hydrogens is 257 g/mol. The summed E-state index contributed by atoms with van der Waals surface area (Å²) in [4.78, 5) is 12.8. The van der Waals surface area contributed by atoms with E-state index >= 15 is 0 Å². The lowest BCUT2D eigenvalue weighted by Gasteiger charge is -2.29. The second kappa shape index (κ2) is 6.71. The van der Waals surface area contributed by atoms with Crippen molar-refractivity contribution in [1.29, 1.82) is 0 Å². The van der Waals surface area contributed by atoms with E-state index in [4.69, 9.17) is 16.7 Å². The molecule has 0 amide bonds. The summed E-state index contributed by atoms with van der Waals surface area (Å²) in [6, 6.07) is 3.75. The summed E-state index contributed by atoms with van der Waals surface area (Å²) in [6.45, 7) is 5.14. The minimum atomic E-state index is -0.953. The SMILES string of the molecule is CCN(CC)C(CC(=O)O)c1cc(Cl)ccc1F. The maximum absolute atomic E-state index is 13.8. The average molecular weight is 274 g/mol. The fourth-order valence-corrected chi connectivity index (χ4v) is 2.22. The molecule has 18 heavy (non-hydrogen) atoms. The van der Waals surface area contributed by atoms with Gasteiger partial charge in [0, 0.05) is 16.6 Å². The predicted octanol–water partition coefficient (Wildman–Crippen LogP) is 3.34. The van der Waals surface area contributed by atoms with Crippen LogP contribution in [0, 0.1) is 5.82 Å². The fourth-order valence-electron chi connectivity index (χ4n) is 2.04. The molecule has 3 nitrogen and oxygen atoms in total. The number of hydrogen-bond acceptors (Lipinski definition) is 2. The molecule has 0 radical (unpaired) electrons. The number of rotatable bonds is 6. The maximum Gasteiger partial charge on any atom is 0.305 e. The molecule has 1 rings (SSSR count). The third kappa shape index (κ3) is 3.68. The Balaban J connectivity index is 3.15. The van der Waals surface area contributed by atoms with Crippen LogP contribution in [0.15, 0.2) is 18.2 Å². The standard InChI is InChI=1S/C13H17ClFNO2/c1-3-16(4-2)12(8-13(17)18)10-7-9(14)5-6-11(10)15/h5-7,12H,3-4,8H2,1-2H3,(H,17,18). The number of halogens is 2. The van der Waals surface area contributed by atoms with Crippen LogP contribution in [0.5, 0.6) is 0 Å².